The van der Waals surface area contributed by atoms with Gasteiger partial charge in [-0.3, -0.25) is 4.99 Å². The molecule has 1 aromatic carbocycles. The Bertz CT molecular complexity index is 602. The minimum atomic E-state index is 0.651. The normalized spacial score (nSPS) is 12.3. The Kier molecular flexibility index (Phi) is 4.07. The summed E-state index contributed by atoms with van der Waals surface area (Å²) in [5.41, 5.74) is 9.09. The molecule has 0 atom stereocenters. The lowest BCUT2D eigenvalue weighted by Crippen LogP contribution is -2.09. The fourth-order valence-electron chi connectivity index (χ4n) is 1.88. The highest BCUT2D eigenvalue weighted by molar-refractivity contribution is 6.30. The van der Waals surface area contributed by atoms with Crippen molar-refractivity contribution in [3.63, 3.8) is 0 Å². The number of aliphatic imine (C=N–C) groups is 1. The van der Waals surface area contributed by atoms with Gasteiger partial charge in [0.1, 0.15) is 5.82 Å². The molecule has 0 amide bonds. The van der Waals surface area contributed by atoms with Crippen molar-refractivity contribution in [2.75, 3.05) is 0 Å². The number of aryl methyl sites for hydroxylation is 2. The number of allylic oxidation sites excluding steroid dienone is 1. The van der Waals surface area contributed by atoms with E-state index in [0.717, 1.165) is 17.1 Å². The average Bonchev–Trinajstić information content (AvgIpc) is 2.71. The fourth-order valence-corrected chi connectivity index (χ4v) is 2.00. The van der Waals surface area contributed by atoms with Crippen LogP contribution in [0.15, 0.2) is 47.5 Å². The molecule has 0 aliphatic rings. The van der Waals surface area contributed by atoms with E-state index in [1.54, 1.807) is 12.3 Å². The number of nitrogens with zero attached hydrogens (tertiary/aromatic N) is 2. The second kappa shape index (κ2) is 5.76. The molecule has 2 N–H and O–H groups in total. The van der Waals surface area contributed by atoms with E-state index in [1.807, 2.05) is 54.8 Å². The van der Waals surface area contributed by atoms with Gasteiger partial charge in [0, 0.05) is 22.6 Å². The van der Waals surface area contributed by atoms with Crippen LogP contribution in [-0.2, 0) is 0 Å². The Hall–Kier alpha value is -2.00. The van der Waals surface area contributed by atoms with Crippen LogP contribution in [0, 0.1) is 13.8 Å². The summed E-state index contributed by atoms with van der Waals surface area (Å²) in [5.74, 6) is 0.651. The molecular weight excluding hydrogens is 258 g/mol. The molecule has 19 heavy (non-hydrogen) atoms. The molecule has 2 aromatic rings. The van der Waals surface area contributed by atoms with Crippen LogP contribution in [0.4, 0.5) is 5.69 Å². The molecule has 4 heteroatoms. The first-order valence-corrected chi connectivity index (χ1v) is 6.36. The third-order valence-electron chi connectivity index (χ3n) is 2.82. The molecule has 98 valence electrons. The smallest absolute Gasteiger partial charge is 0.109 e. The van der Waals surface area contributed by atoms with Gasteiger partial charge in [0.05, 0.1) is 5.69 Å². The van der Waals surface area contributed by atoms with Crippen molar-refractivity contribution in [3.05, 3.63) is 58.9 Å². The lowest BCUT2D eigenvalue weighted by molar-refractivity contribution is 0.972. The monoisotopic (exact) mass is 273 g/mol. The van der Waals surface area contributed by atoms with Gasteiger partial charge in [-0.15, -0.1) is 0 Å². The molecule has 0 spiro atoms. The molecule has 0 unspecified atom stereocenters. The standard InChI is InChI=1S/C15H16ClN3/c1-11-3-4-12(2)19(11)15(17)9-10-18-14-7-5-13(16)6-8-14/h3-10H,17H2,1-2H3. The highest BCUT2D eigenvalue weighted by Gasteiger charge is 2.01. The number of hydrogen-bond donors (Lipinski definition) is 1. The first-order valence-electron chi connectivity index (χ1n) is 5.98. The quantitative estimate of drug-likeness (QED) is 0.847. The number of rotatable bonds is 3. The van der Waals surface area contributed by atoms with Gasteiger partial charge in [-0.05, 0) is 56.3 Å². The van der Waals surface area contributed by atoms with E-state index in [1.165, 1.54) is 0 Å². The van der Waals surface area contributed by atoms with Crippen LogP contribution in [-0.4, -0.2) is 10.8 Å². The van der Waals surface area contributed by atoms with Gasteiger partial charge in [-0.1, -0.05) is 11.6 Å². The molecule has 0 saturated heterocycles. The third kappa shape index (κ3) is 3.26. The Morgan fingerprint density at radius 2 is 1.68 bits per heavy atom. The predicted molar refractivity (Wildman–Crippen MR) is 82.0 cm³/mol. The first kappa shape index (κ1) is 13.4. The van der Waals surface area contributed by atoms with Gasteiger partial charge >= 0.3 is 0 Å². The Morgan fingerprint density at radius 1 is 1.11 bits per heavy atom. The summed E-state index contributed by atoms with van der Waals surface area (Å²) < 4.78 is 1.98. The number of halogens is 1. The summed E-state index contributed by atoms with van der Waals surface area (Å²) in [7, 11) is 0. The zero-order valence-electron chi connectivity index (χ0n) is 11.0. The van der Waals surface area contributed by atoms with Crippen molar-refractivity contribution in [1.29, 1.82) is 0 Å². The Labute approximate surface area is 118 Å². The SMILES string of the molecule is Cc1ccc(C)n1C(N)=CC=Nc1ccc(Cl)cc1. The highest BCUT2D eigenvalue weighted by atomic mass is 35.5. The molecule has 1 aromatic heterocycles. The van der Waals surface area contributed by atoms with Gasteiger partial charge in [0.25, 0.3) is 0 Å². The van der Waals surface area contributed by atoms with Crippen LogP contribution < -0.4 is 5.73 Å². The van der Waals surface area contributed by atoms with E-state index < -0.39 is 0 Å². The van der Waals surface area contributed by atoms with E-state index in [2.05, 4.69) is 4.99 Å². The summed E-state index contributed by atoms with van der Waals surface area (Å²) in [5, 5.41) is 0.701. The van der Waals surface area contributed by atoms with Crippen molar-refractivity contribution >= 4 is 29.3 Å². The Morgan fingerprint density at radius 3 is 2.26 bits per heavy atom. The van der Waals surface area contributed by atoms with Gasteiger partial charge < -0.3 is 10.3 Å². The van der Waals surface area contributed by atoms with Crippen molar-refractivity contribution < 1.29 is 0 Å². The molecular formula is C15H16ClN3. The van der Waals surface area contributed by atoms with Gasteiger partial charge in [0.15, 0.2) is 0 Å². The number of nitrogens with two attached hydrogens (primary N) is 1. The van der Waals surface area contributed by atoms with Gasteiger partial charge in [-0.2, -0.15) is 0 Å². The van der Waals surface area contributed by atoms with Crippen LogP contribution in [0.3, 0.4) is 0 Å². The molecule has 3 nitrogen and oxygen atoms in total. The van der Waals surface area contributed by atoms with E-state index in [4.69, 9.17) is 17.3 Å². The van der Waals surface area contributed by atoms with Crippen LogP contribution in [0.5, 0.6) is 0 Å². The first-order chi connectivity index (χ1) is 9.08. The van der Waals surface area contributed by atoms with Crippen LogP contribution >= 0.6 is 11.6 Å². The maximum Gasteiger partial charge on any atom is 0.109 e. The molecule has 0 saturated carbocycles. The number of benzene rings is 1. The summed E-state index contributed by atoms with van der Waals surface area (Å²) in [6.07, 6.45) is 3.48. The zero-order chi connectivity index (χ0) is 13.8. The maximum atomic E-state index is 6.04. The van der Waals surface area contributed by atoms with Crippen molar-refractivity contribution in [1.82, 2.24) is 4.57 Å². The molecule has 0 fully saturated rings. The zero-order valence-corrected chi connectivity index (χ0v) is 11.7. The molecule has 1 heterocycles. The molecule has 0 radical (unpaired) electrons. The largest absolute Gasteiger partial charge is 0.385 e. The summed E-state index contributed by atoms with van der Waals surface area (Å²) in [6, 6.07) is 11.4. The summed E-state index contributed by atoms with van der Waals surface area (Å²) >= 11 is 5.81. The van der Waals surface area contributed by atoms with Gasteiger partial charge in [0.2, 0.25) is 0 Å². The highest BCUT2D eigenvalue weighted by Crippen LogP contribution is 2.16. The minimum absolute atomic E-state index is 0.651. The van der Waals surface area contributed by atoms with Crippen molar-refractivity contribution in [3.8, 4) is 0 Å². The lowest BCUT2D eigenvalue weighted by atomic mass is 10.3. The molecule has 2 rings (SSSR count). The van der Waals surface area contributed by atoms with Gasteiger partial charge in [-0.25, -0.2) is 0 Å². The van der Waals surface area contributed by atoms with E-state index in [9.17, 15) is 0 Å². The van der Waals surface area contributed by atoms with Crippen molar-refractivity contribution in [2.24, 2.45) is 10.7 Å². The van der Waals surface area contributed by atoms with Crippen LogP contribution in [0.2, 0.25) is 5.02 Å². The molecule has 0 aliphatic heterocycles. The minimum Gasteiger partial charge on any atom is -0.385 e. The van der Waals surface area contributed by atoms with Crippen molar-refractivity contribution in [2.45, 2.75) is 13.8 Å². The second-order valence-electron chi connectivity index (χ2n) is 4.30. The average molecular weight is 274 g/mol. The predicted octanol–water partition coefficient (Wildman–Crippen LogP) is 3.92. The van der Waals surface area contributed by atoms with E-state index in [-0.39, 0.29) is 0 Å². The second-order valence-corrected chi connectivity index (χ2v) is 4.73. The topological polar surface area (TPSA) is 43.3 Å². The summed E-state index contributed by atoms with van der Waals surface area (Å²) in [6.45, 7) is 4.04. The van der Waals surface area contributed by atoms with Crippen LogP contribution in [0.1, 0.15) is 11.4 Å². The number of hydrogen-bond acceptors (Lipinski definition) is 2. The van der Waals surface area contributed by atoms with E-state index >= 15 is 0 Å². The number of aromatic nitrogens is 1. The summed E-state index contributed by atoms with van der Waals surface area (Å²) in [4.78, 5) is 4.30. The van der Waals surface area contributed by atoms with E-state index in [0.29, 0.717) is 10.8 Å². The fraction of sp³-hybridized carbons (Fsp3) is 0.133. The maximum absolute atomic E-state index is 6.04. The van der Waals surface area contributed by atoms with Crippen LogP contribution in [0.25, 0.3) is 5.82 Å². The molecule has 0 bridgehead atoms. The lowest BCUT2D eigenvalue weighted by Gasteiger charge is -2.07. The Balaban J connectivity index is 2.16. The molecule has 0 aliphatic carbocycles. The third-order valence-corrected chi connectivity index (χ3v) is 3.08.